The SMILES string of the molecule is COc1ccccc1OC1CCN(CCCOc2ccc(F)cc2)C1. The van der Waals surface area contributed by atoms with Crippen LogP contribution in [0.4, 0.5) is 4.39 Å². The molecule has 0 saturated carbocycles. The molecule has 1 saturated heterocycles. The molecule has 4 nitrogen and oxygen atoms in total. The lowest BCUT2D eigenvalue weighted by atomic mass is 10.3. The van der Waals surface area contributed by atoms with Crippen molar-refractivity contribution in [2.75, 3.05) is 33.4 Å². The molecule has 3 rings (SSSR count). The van der Waals surface area contributed by atoms with Crippen LogP contribution in [0.2, 0.25) is 0 Å². The molecule has 2 aromatic carbocycles. The zero-order valence-electron chi connectivity index (χ0n) is 14.5. The molecule has 2 aromatic rings. The largest absolute Gasteiger partial charge is 0.494 e. The summed E-state index contributed by atoms with van der Waals surface area (Å²) in [5.74, 6) is 2.04. The molecule has 0 aliphatic carbocycles. The molecule has 0 N–H and O–H groups in total. The Morgan fingerprint density at radius 1 is 1.08 bits per heavy atom. The van der Waals surface area contributed by atoms with E-state index in [4.69, 9.17) is 14.2 Å². The van der Waals surface area contributed by atoms with E-state index in [2.05, 4.69) is 4.90 Å². The van der Waals surface area contributed by atoms with Crippen LogP contribution < -0.4 is 14.2 Å². The Balaban J connectivity index is 1.37. The zero-order valence-corrected chi connectivity index (χ0v) is 14.5. The molecule has 0 bridgehead atoms. The highest BCUT2D eigenvalue weighted by Crippen LogP contribution is 2.28. The van der Waals surface area contributed by atoms with Gasteiger partial charge in [-0.1, -0.05) is 12.1 Å². The second-order valence-electron chi connectivity index (χ2n) is 6.14. The summed E-state index contributed by atoms with van der Waals surface area (Å²) in [5.41, 5.74) is 0. The van der Waals surface area contributed by atoms with Crippen molar-refractivity contribution >= 4 is 0 Å². The average Bonchev–Trinajstić information content (AvgIpc) is 3.08. The summed E-state index contributed by atoms with van der Waals surface area (Å²) in [5, 5.41) is 0. The lowest BCUT2D eigenvalue weighted by Crippen LogP contribution is -2.26. The van der Waals surface area contributed by atoms with E-state index < -0.39 is 0 Å². The molecular formula is C20H24FNO3. The van der Waals surface area contributed by atoms with E-state index in [1.165, 1.54) is 12.1 Å². The fourth-order valence-electron chi connectivity index (χ4n) is 3.00. The highest BCUT2D eigenvalue weighted by molar-refractivity contribution is 5.39. The summed E-state index contributed by atoms with van der Waals surface area (Å²) in [6.07, 6.45) is 2.13. The predicted molar refractivity (Wildman–Crippen MR) is 95.0 cm³/mol. The molecule has 1 fully saturated rings. The molecule has 1 aliphatic heterocycles. The highest BCUT2D eigenvalue weighted by atomic mass is 19.1. The third-order valence-electron chi connectivity index (χ3n) is 4.29. The summed E-state index contributed by atoms with van der Waals surface area (Å²) in [6.45, 7) is 3.53. The van der Waals surface area contributed by atoms with E-state index in [-0.39, 0.29) is 11.9 Å². The number of hydrogen-bond donors (Lipinski definition) is 0. The van der Waals surface area contributed by atoms with Gasteiger partial charge in [0.15, 0.2) is 11.5 Å². The van der Waals surface area contributed by atoms with Gasteiger partial charge in [-0.05, 0) is 49.2 Å². The first-order valence-corrected chi connectivity index (χ1v) is 8.65. The van der Waals surface area contributed by atoms with Gasteiger partial charge in [-0.3, -0.25) is 4.90 Å². The highest BCUT2D eigenvalue weighted by Gasteiger charge is 2.24. The minimum Gasteiger partial charge on any atom is -0.494 e. The number of benzene rings is 2. The van der Waals surface area contributed by atoms with Crippen molar-refractivity contribution in [3.8, 4) is 17.2 Å². The van der Waals surface area contributed by atoms with Gasteiger partial charge in [0, 0.05) is 19.6 Å². The summed E-state index contributed by atoms with van der Waals surface area (Å²) >= 11 is 0. The van der Waals surface area contributed by atoms with Crippen molar-refractivity contribution in [3.05, 3.63) is 54.3 Å². The van der Waals surface area contributed by atoms with Crippen LogP contribution in [0, 0.1) is 5.82 Å². The Labute approximate surface area is 148 Å². The van der Waals surface area contributed by atoms with Crippen LogP contribution in [0.3, 0.4) is 0 Å². The topological polar surface area (TPSA) is 30.9 Å². The summed E-state index contributed by atoms with van der Waals surface area (Å²) in [4.78, 5) is 2.38. The first kappa shape index (κ1) is 17.5. The van der Waals surface area contributed by atoms with Crippen LogP contribution in [0.5, 0.6) is 17.2 Å². The number of ether oxygens (including phenoxy) is 3. The predicted octanol–water partition coefficient (Wildman–Crippen LogP) is 3.76. The minimum absolute atomic E-state index is 0.189. The molecule has 25 heavy (non-hydrogen) atoms. The molecule has 1 atom stereocenters. The number of halogens is 1. The molecule has 1 aliphatic rings. The Morgan fingerprint density at radius 3 is 2.60 bits per heavy atom. The summed E-state index contributed by atoms with van der Waals surface area (Å²) < 4.78 is 29.9. The fourth-order valence-corrected chi connectivity index (χ4v) is 3.00. The molecule has 0 radical (unpaired) electrons. The summed E-state index contributed by atoms with van der Waals surface area (Å²) in [7, 11) is 1.66. The second kappa shape index (κ2) is 8.72. The molecule has 1 heterocycles. The summed E-state index contributed by atoms with van der Waals surface area (Å²) in [6, 6.07) is 13.9. The Bertz CT molecular complexity index is 662. The lowest BCUT2D eigenvalue weighted by molar-refractivity contribution is 0.188. The Hall–Kier alpha value is -2.27. The lowest BCUT2D eigenvalue weighted by Gasteiger charge is -2.18. The van der Waals surface area contributed by atoms with Gasteiger partial charge in [0.2, 0.25) is 0 Å². The van der Waals surface area contributed by atoms with Gasteiger partial charge in [0.05, 0.1) is 13.7 Å². The maximum Gasteiger partial charge on any atom is 0.161 e. The van der Waals surface area contributed by atoms with Gasteiger partial charge in [-0.25, -0.2) is 4.39 Å². The molecule has 0 aromatic heterocycles. The van der Waals surface area contributed by atoms with Gasteiger partial charge in [-0.15, -0.1) is 0 Å². The maximum absolute atomic E-state index is 12.8. The van der Waals surface area contributed by atoms with Gasteiger partial charge in [-0.2, -0.15) is 0 Å². The van der Waals surface area contributed by atoms with Gasteiger partial charge < -0.3 is 14.2 Å². The van der Waals surface area contributed by atoms with Crippen molar-refractivity contribution in [1.29, 1.82) is 0 Å². The smallest absolute Gasteiger partial charge is 0.161 e. The van der Waals surface area contributed by atoms with E-state index in [0.717, 1.165) is 44.0 Å². The maximum atomic E-state index is 12.8. The Kier molecular flexibility index (Phi) is 6.12. The van der Waals surface area contributed by atoms with Crippen molar-refractivity contribution in [2.24, 2.45) is 0 Å². The number of nitrogens with zero attached hydrogens (tertiary/aromatic N) is 1. The minimum atomic E-state index is -0.245. The molecule has 0 spiro atoms. The third kappa shape index (κ3) is 5.10. The third-order valence-corrected chi connectivity index (χ3v) is 4.29. The standard InChI is InChI=1S/C20H24FNO3/c1-23-19-5-2-3-6-20(19)25-18-11-13-22(15-18)12-4-14-24-17-9-7-16(21)8-10-17/h2-3,5-10,18H,4,11-15H2,1H3. The molecular weight excluding hydrogens is 321 g/mol. The van der Waals surface area contributed by atoms with Crippen LogP contribution in [0.1, 0.15) is 12.8 Å². The number of likely N-dealkylation sites (tertiary alicyclic amines) is 1. The van der Waals surface area contributed by atoms with E-state index in [1.54, 1.807) is 19.2 Å². The monoisotopic (exact) mass is 345 g/mol. The van der Waals surface area contributed by atoms with E-state index in [0.29, 0.717) is 12.4 Å². The van der Waals surface area contributed by atoms with Gasteiger partial charge in [0.1, 0.15) is 17.7 Å². The van der Waals surface area contributed by atoms with Crippen molar-refractivity contribution in [3.63, 3.8) is 0 Å². The first-order chi connectivity index (χ1) is 12.2. The van der Waals surface area contributed by atoms with E-state index in [1.807, 2.05) is 24.3 Å². The Morgan fingerprint density at radius 2 is 1.84 bits per heavy atom. The first-order valence-electron chi connectivity index (χ1n) is 8.65. The second-order valence-corrected chi connectivity index (χ2v) is 6.14. The number of para-hydroxylation sites is 2. The average molecular weight is 345 g/mol. The molecule has 134 valence electrons. The van der Waals surface area contributed by atoms with Crippen LogP contribution in [0.25, 0.3) is 0 Å². The van der Waals surface area contributed by atoms with Gasteiger partial charge in [0.25, 0.3) is 0 Å². The zero-order chi connectivity index (χ0) is 17.5. The van der Waals surface area contributed by atoms with Crippen molar-refractivity contribution < 1.29 is 18.6 Å². The number of rotatable bonds is 8. The van der Waals surface area contributed by atoms with Gasteiger partial charge >= 0.3 is 0 Å². The van der Waals surface area contributed by atoms with E-state index >= 15 is 0 Å². The number of methoxy groups -OCH3 is 1. The fraction of sp³-hybridized carbons (Fsp3) is 0.400. The van der Waals surface area contributed by atoms with Crippen molar-refractivity contribution in [2.45, 2.75) is 18.9 Å². The molecule has 5 heteroatoms. The van der Waals surface area contributed by atoms with Crippen LogP contribution in [-0.4, -0.2) is 44.4 Å². The van der Waals surface area contributed by atoms with Crippen LogP contribution in [0.15, 0.2) is 48.5 Å². The quantitative estimate of drug-likeness (QED) is 0.682. The molecule has 1 unspecified atom stereocenters. The van der Waals surface area contributed by atoms with Crippen molar-refractivity contribution in [1.82, 2.24) is 4.90 Å². The van der Waals surface area contributed by atoms with E-state index in [9.17, 15) is 4.39 Å². The van der Waals surface area contributed by atoms with Crippen LogP contribution >= 0.6 is 0 Å². The molecule has 0 amide bonds. The number of hydrogen-bond acceptors (Lipinski definition) is 4. The normalized spacial score (nSPS) is 17.4. The van der Waals surface area contributed by atoms with Crippen LogP contribution in [-0.2, 0) is 0 Å².